The van der Waals surface area contributed by atoms with Gasteiger partial charge in [-0.05, 0) is 105 Å². The Balaban J connectivity index is 1.19. The summed E-state index contributed by atoms with van der Waals surface area (Å²) in [6, 6.07) is 64.6. The first-order valence-corrected chi connectivity index (χ1v) is 18.2. The maximum absolute atomic E-state index is 2.57. The first kappa shape index (κ1) is 29.1. The topological polar surface area (TPSA) is 8.17 Å². The van der Waals surface area contributed by atoms with Crippen LogP contribution in [-0.4, -0.2) is 4.57 Å². The van der Waals surface area contributed by atoms with Gasteiger partial charge in [0.25, 0.3) is 0 Å². The Morgan fingerprint density at radius 3 is 2.06 bits per heavy atom. The van der Waals surface area contributed by atoms with Crippen molar-refractivity contribution in [2.45, 2.75) is 12.8 Å². The molecule has 0 spiro atoms. The van der Waals surface area contributed by atoms with Crippen molar-refractivity contribution in [3.63, 3.8) is 0 Å². The second-order valence-electron chi connectivity index (χ2n) is 14.0. The Hall–Kier alpha value is -6.64. The van der Waals surface area contributed by atoms with Crippen LogP contribution in [0.4, 0.5) is 11.4 Å². The molecule has 0 atom stereocenters. The highest BCUT2D eigenvalue weighted by Gasteiger charge is 2.31. The van der Waals surface area contributed by atoms with Crippen molar-refractivity contribution in [1.82, 2.24) is 4.57 Å². The van der Waals surface area contributed by atoms with E-state index in [1.165, 1.54) is 99.8 Å². The maximum atomic E-state index is 2.57. The molecule has 2 heteroatoms. The molecule has 244 valence electrons. The quantitative estimate of drug-likeness (QED) is 0.167. The van der Waals surface area contributed by atoms with Gasteiger partial charge in [-0.25, -0.2) is 0 Å². The molecule has 0 saturated carbocycles. The van der Waals surface area contributed by atoms with E-state index in [0.29, 0.717) is 0 Å². The molecule has 1 aromatic heterocycles. The van der Waals surface area contributed by atoms with Gasteiger partial charge in [-0.15, -0.1) is 0 Å². The van der Waals surface area contributed by atoms with E-state index in [2.05, 4.69) is 191 Å². The van der Waals surface area contributed by atoms with Gasteiger partial charge < -0.3 is 9.47 Å². The summed E-state index contributed by atoms with van der Waals surface area (Å²) in [7, 11) is 0. The van der Waals surface area contributed by atoms with E-state index >= 15 is 0 Å². The zero-order valence-electron chi connectivity index (χ0n) is 28.6. The molecule has 2 aliphatic carbocycles. The van der Waals surface area contributed by atoms with Crippen molar-refractivity contribution in [3.05, 3.63) is 193 Å². The van der Waals surface area contributed by atoms with Crippen LogP contribution >= 0.6 is 0 Å². The highest BCUT2D eigenvalue weighted by molar-refractivity contribution is 6.26. The molecule has 0 N–H and O–H groups in total. The predicted octanol–water partition coefficient (Wildman–Crippen LogP) is 13.4. The Labute approximate surface area is 303 Å². The number of benzene rings is 8. The minimum Gasteiger partial charge on any atom is -0.314 e. The molecule has 0 bridgehead atoms. The molecular weight excluding hydrogens is 629 g/mol. The average Bonchev–Trinajstić information content (AvgIpc) is 3.73. The minimum atomic E-state index is 0.910. The van der Waals surface area contributed by atoms with E-state index in [9.17, 15) is 0 Å². The third-order valence-electron chi connectivity index (χ3n) is 11.2. The van der Waals surface area contributed by atoms with Gasteiger partial charge in [-0.2, -0.15) is 0 Å². The Morgan fingerprint density at radius 2 is 1.17 bits per heavy atom. The van der Waals surface area contributed by atoms with Crippen LogP contribution in [0.1, 0.15) is 17.7 Å². The van der Waals surface area contributed by atoms with Crippen molar-refractivity contribution < 1.29 is 0 Å². The van der Waals surface area contributed by atoms with Gasteiger partial charge in [0.15, 0.2) is 0 Å². The van der Waals surface area contributed by atoms with Crippen molar-refractivity contribution in [1.29, 1.82) is 0 Å². The lowest BCUT2D eigenvalue weighted by atomic mass is 9.93. The molecule has 9 aromatic rings. The van der Waals surface area contributed by atoms with E-state index in [1.54, 1.807) is 0 Å². The largest absolute Gasteiger partial charge is 0.314 e. The van der Waals surface area contributed by atoms with Gasteiger partial charge in [-0.1, -0.05) is 133 Å². The SMILES string of the molecule is C1=C(N(c2cccc(-c3ccccc3)c2)c2cccc3c2-c2c4ccccc4cc4cccc-3c24)CCc2c1c1ccccc1n2-c1ccccc1. The van der Waals surface area contributed by atoms with Crippen LogP contribution < -0.4 is 4.90 Å². The summed E-state index contributed by atoms with van der Waals surface area (Å²) in [5.74, 6) is 0. The third-order valence-corrected chi connectivity index (χ3v) is 11.2. The molecule has 0 unspecified atom stereocenters. The number of anilines is 2. The molecule has 1 heterocycles. The molecule has 0 aliphatic heterocycles. The lowest BCUT2D eigenvalue weighted by Crippen LogP contribution is -2.20. The molecule has 0 saturated heterocycles. The van der Waals surface area contributed by atoms with Crippen LogP contribution in [0.25, 0.3) is 77.6 Å². The number of rotatable bonds is 5. The van der Waals surface area contributed by atoms with E-state index in [1.807, 2.05) is 0 Å². The van der Waals surface area contributed by atoms with E-state index < -0.39 is 0 Å². The monoisotopic (exact) mass is 662 g/mol. The first-order valence-electron chi connectivity index (χ1n) is 18.2. The summed E-state index contributed by atoms with van der Waals surface area (Å²) in [5, 5.41) is 6.52. The Morgan fingerprint density at radius 1 is 0.481 bits per heavy atom. The Kier molecular flexibility index (Phi) is 6.41. The molecular formula is C50H34N2. The van der Waals surface area contributed by atoms with Crippen molar-refractivity contribution in [2.75, 3.05) is 4.90 Å². The van der Waals surface area contributed by atoms with Crippen LogP contribution in [0, 0.1) is 0 Å². The summed E-state index contributed by atoms with van der Waals surface area (Å²) in [5.41, 5.74) is 16.5. The van der Waals surface area contributed by atoms with Gasteiger partial charge >= 0.3 is 0 Å². The second-order valence-corrected chi connectivity index (χ2v) is 14.0. The predicted molar refractivity (Wildman–Crippen MR) is 219 cm³/mol. The van der Waals surface area contributed by atoms with Crippen LogP contribution in [-0.2, 0) is 6.42 Å². The van der Waals surface area contributed by atoms with Gasteiger partial charge in [0, 0.05) is 44.8 Å². The summed E-state index contributed by atoms with van der Waals surface area (Å²) in [6.45, 7) is 0. The summed E-state index contributed by atoms with van der Waals surface area (Å²) in [6.07, 6.45) is 4.33. The number of allylic oxidation sites excluding steroid dienone is 1. The molecule has 2 nitrogen and oxygen atoms in total. The number of hydrogen-bond donors (Lipinski definition) is 0. The lowest BCUT2D eigenvalue weighted by Gasteiger charge is -2.32. The lowest BCUT2D eigenvalue weighted by molar-refractivity contribution is 0.838. The van der Waals surface area contributed by atoms with Gasteiger partial charge in [0.2, 0.25) is 0 Å². The molecule has 11 rings (SSSR count). The molecule has 0 amide bonds. The number of para-hydroxylation sites is 2. The minimum absolute atomic E-state index is 0.910. The Bertz CT molecular complexity index is 2890. The normalized spacial score (nSPS) is 13.0. The zero-order valence-corrected chi connectivity index (χ0v) is 28.6. The van der Waals surface area contributed by atoms with Crippen LogP contribution in [0.2, 0.25) is 0 Å². The van der Waals surface area contributed by atoms with Crippen molar-refractivity contribution in [2.24, 2.45) is 0 Å². The number of fused-ring (bicyclic) bond motifs is 8. The van der Waals surface area contributed by atoms with Crippen molar-refractivity contribution in [3.8, 4) is 39.1 Å². The first-order chi connectivity index (χ1) is 25.8. The summed E-state index contributed by atoms with van der Waals surface area (Å²) in [4.78, 5) is 2.57. The summed E-state index contributed by atoms with van der Waals surface area (Å²) >= 11 is 0. The third kappa shape index (κ3) is 4.31. The van der Waals surface area contributed by atoms with Crippen LogP contribution in [0.3, 0.4) is 0 Å². The fraction of sp³-hybridized carbons (Fsp3) is 0.0400. The second kappa shape index (κ2) is 11.4. The number of aromatic nitrogens is 1. The van der Waals surface area contributed by atoms with Gasteiger partial charge in [0.1, 0.15) is 0 Å². The fourth-order valence-corrected chi connectivity index (χ4v) is 8.99. The average molecular weight is 663 g/mol. The fourth-order valence-electron chi connectivity index (χ4n) is 8.99. The van der Waals surface area contributed by atoms with Gasteiger partial charge in [-0.3, -0.25) is 0 Å². The van der Waals surface area contributed by atoms with E-state index in [0.717, 1.165) is 12.8 Å². The number of hydrogen-bond acceptors (Lipinski definition) is 1. The highest BCUT2D eigenvalue weighted by atomic mass is 15.2. The number of nitrogens with zero attached hydrogens (tertiary/aromatic N) is 2. The van der Waals surface area contributed by atoms with Crippen LogP contribution in [0.5, 0.6) is 0 Å². The van der Waals surface area contributed by atoms with E-state index in [4.69, 9.17) is 0 Å². The summed E-state index contributed by atoms with van der Waals surface area (Å²) < 4.78 is 2.47. The highest BCUT2D eigenvalue weighted by Crippen LogP contribution is 2.55. The molecule has 2 aliphatic rings. The molecule has 8 aromatic carbocycles. The molecule has 52 heavy (non-hydrogen) atoms. The van der Waals surface area contributed by atoms with E-state index in [-0.39, 0.29) is 0 Å². The van der Waals surface area contributed by atoms with Crippen molar-refractivity contribution >= 4 is 49.9 Å². The molecule has 0 fully saturated rings. The van der Waals surface area contributed by atoms with Crippen LogP contribution in [0.15, 0.2) is 182 Å². The molecule has 0 radical (unpaired) electrons. The standard InChI is InChI=1S/C50H34N2/c1-3-14-33(15-4-1)34-17-11-21-38(31-34)51(39-28-29-46-44(32-39)41-23-9-10-26-45(41)52(46)37-19-5-2-6-20-37)47-27-13-25-43-42-24-12-18-36-30-35-16-7-8-22-40(35)50(48(36)42)49(43)47/h1-27,30-32H,28-29H2. The maximum Gasteiger partial charge on any atom is 0.0543 e. The zero-order chi connectivity index (χ0) is 34.2. The smallest absolute Gasteiger partial charge is 0.0543 e. The van der Waals surface area contributed by atoms with Gasteiger partial charge in [0.05, 0.1) is 11.2 Å².